The molecule has 2 aromatic rings. The fourth-order valence-electron chi connectivity index (χ4n) is 2.50. The van der Waals surface area contributed by atoms with E-state index in [0.717, 1.165) is 16.7 Å². The molecule has 0 aliphatic rings. The van der Waals surface area contributed by atoms with E-state index in [2.05, 4.69) is 5.32 Å². The molecule has 0 aliphatic heterocycles. The van der Waals surface area contributed by atoms with Gasteiger partial charge in [0.25, 0.3) is 5.91 Å². The first kappa shape index (κ1) is 20.0. The Labute approximate surface area is 155 Å². The number of hydrogen-bond acceptors (Lipinski definition) is 4. The second kappa shape index (κ2) is 7.91. The number of benzene rings is 2. The SMILES string of the molecule is Cc1ccc(C)c(O[C@H](C)C(=O)N[C@H](C)c2ccc(S(C)(=O)=O)cc2)c1. The molecule has 0 unspecified atom stereocenters. The van der Waals surface area contributed by atoms with Gasteiger partial charge in [-0.25, -0.2) is 8.42 Å². The van der Waals surface area contributed by atoms with Crippen LogP contribution in [0.2, 0.25) is 0 Å². The summed E-state index contributed by atoms with van der Waals surface area (Å²) in [4.78, 5) is 12.7. The zero-order valence-electron chi connectivity index (χ0n) is 15.7. The van der Waals surface area contributed by atoms with Gasteiger partial charge in [-0.05, 0) is 62.6 Å². The Hall–Kier alpha value is -2.34. The summed E-state index contributed by atoms with van der Waals surface area (Å²) in [6.07, 6.45) is 0.521. The highest BCUT2D eigenvalue weighted by molar-refractivity contribution is 7.90. The van der Waals surface area contributed by atoms with Crippen molar-refractivity contribution in [2.24, 2.45) is 0 Å². The van der Waals surface area contributed by atoms with Crippen LogP contribution in [0.4, 0.5) is 0 Å². The van der Waals surface area contributed by atoms with Gasteiger partial charge < -0.3 is 10.1 Å². The van der Waals surface area contributed by atoms with E-state index in [-0.39, 0.29) is 16.8 Å². The zero-order chi connectivity index (χ0) is 19.5. The van der Waals surface area contributed by atoms with Crippen molar-refractivity contribution in [2.75, 3.05) is 6.26 Å². The molecule has 0 aromatic heterocycles. The molecule has 0 bridgehead atoms. The van der Waals surface area contributed by atoms with Crippen LogP contribution in [0.15, 0.2) is 47.4 Å². The van der Waals surface area contributed by atoms with Crippen LogP contribution in [0, 0.1) is 13.8 Å². The molecule has 0 saturated heterocycles. The van der Waals surface area contributed by atoms with Crippen LogP contribution in [0.1, 0.15) is 36.6 Å². The Balaban J connectivity index is 2.02. The molecule has 6 heteroatoms. The summed E-state index contributed by atoms with van der Waals surface area (Å²) in [5.41, 5.74) is 2.86. The highest BCUT2D eigenvalue weighted by Gasteiger charge is 2.19. The third-order valence-corrected chi connectivity index (χ3v) is 5.31. The molecule has 1 amide bonds. The first-order valence-electron chi connectivity index (χ1n) is 8.42. The Kier molecular flexibility index (Phi) is 6.08. The predicted molar refractivity (Wildman–Crippen MR) is 102 cm³/mol. The van der Waals surface area contributed by atoms with Gasteiger partial charge in [0.2, 0.25) is 0 Å². The molecule has 0 spiro atoms. The minimum absolute atomic E-state index is 0.231. The smallest absolute Gasteiger partial charge is 0.261 e. The maximum absolute atomic E-state index is 12.4. The summed E-state index contributed by atoms with van der Waals surface area (Å²) in [6, 6.07) is 12.1. The number of hydrogen-bond donors (Lipinski definition) is 1. The van der Waals surface area contributed by atoms with Gasteiger partial charge in [-0.2, -0.15) is 0 Å². The van der Waals surface area contributed by atoms with Gasteiger partial charge in [-0.15, -0.1) is 0 Å². The summed E-state index contributed by atoms with van der Waals surface area (Å²) >= 11 is 0. The average molecular weight is 375 g/mol. The van der Waals surface area contributed by atoms with Crippen molar-refractivity contribution in [3.8, 4) is 5.75 Å². The maximum atomic E-state index is 12.4. The van der Waals surface area contributed by atoms with Crippen LogP contribution < -0.4 is 10.1 Å². The average Bonchev–Trinajstić information content (AvgIpc) is 2.57. The second-order valence-electron chi connectivity index (χ2n) is 6.60. The molecule has 0 radical (unpaired) electrons. The van der Waals surface area contributed by atoms with Crippen LogP contribution in [0.3, 0.4) is 0 Å². The van der Waals surface area contributed by atoms with Crippen molar-refractivity contribution in [1.82, 2.24) is 5.32 Å². The third kappa shape index (κ3) is 5.08. The molecule has 0 aliphatic carbocycles. The molecule has 2 atom stereocenters. The van der Waals surface area contributed by atoms with Crippen molar-refractivity contribution in [2.45, 2.75) is 44.7 Å². The Morgan fingerprint density at radius 3 is 2.23 bits per heavy atom. The molecule has 140 valence electrons. The highest BCUT2D eigenvalue weighted by atomic mass is 32.2. The summed E-state index contributed by atoms with van der Waals surface area (Å²) in [5.74, 6) is 0.461. The minimum Gasteiger partial charge on any atom is -0.481 e. The lowest BCUT2D eigenvalue weighted by Crippen LogP contribution is -2.37. The molecule has 2 aromatic carbocycles. The zero-order valence-corrected chi connectivity index (χ0v) is 16.6. The summed E-state index contributed by atoms with van der Waals surface area (Å²) in [6.45, 7) is 7.46. The van der Waals surface area contributed by atoms with E-state index < -0.39 is 15.9 Å². The summed E-state index contributed by atoms with van der Waals surface area (Å²) in [7, 11) is -3.23. The molecule has 1 N–H and O–H groups in total. The number of sulfone groups is 1. The van der Waals surface area contributed by atoms with Crippen LogP contribution in [0.25, 0.3) is 0 Å². The number of ether oxygens (including phenoxy) is 1. The van der Waals surface area contributed by atoms with E-state index in [1.165, 1.54) is 6.26 Å². The molecule has 26 heavy (non-hydrogen) atoms. The van der Waals surface area contributed by atoms with E-state index in [4.69, 9.17) is 4.74 Å². The summed E-state index contributed by atoms with van der Waals surface area (Å²) in [5, 5.41) is 2.90. The Morgan fingerprint density at radius 1 is 1.04 bits per heavy atom. The fourth-order valence-corrected chi connectivity index (χ4v) is 3.13. The van der Waals surface area contributed by atoms with Crippen molar-refractivity contribution in [3.63, 3.8) is 0 Å². The highest BCUT2D eigenvalue weighted by Crippen LogP contribution is 2.21. The molecule has 2 rings (SSSR count). The van der Waals surface area contributed by atoms with Gasteiger partial charge in [0.1, 0.15) is 5.75 Å². The lowest BCUT2D eigenvalue weighted by molar-refractivity contribution is -0.127. The van der Waals surface area contributed by atoms with Gasteiger partial charge in [0, 0.05) is 6.26 Å². The van der Waals surface area contributed by atoms with Crippen molar-refractivity contribution < 1.29 is 17.9 Å². The molecule has 0 saturated carbocycles. The van der Waals surface area contributed by atoms with Crippen LogP contribution in [-0.2, 0) is 14.6 Å². The van der Waals surface area contributed by atoms with Gasteiger partial charge >= 0.3 is 0 Å². The molecule has 0 fully saturated rings. The number of carbonyl (C=O) groups excluding carboxylic acids is 1. The van der Waals surface area contributed by atoms with E-state index in [1.54, 1.807) is 31.2 Å². The van der Waals surface area contributed by atoms with Gasteiger partial charge in [0.05, 0.1) is 10.9 Å². The number of aryl methyl sites for hydroxylation is 2. The van der Waals surface area contributed by atoms with Crippen molar-refractivity contribution in [1.29, 1.82) is 0 Å². The number of carbonyl (C=O) groups is 1. The van der Waals surface area contributed by atoms with Gasteiger partial charge in [-0.3, -0.25) is 4.79 Å². The molecule has 5 nitrogen and oxygen atoms in total. The normalized spacial score (nSPS) is 13.7. The Morgan fingerprint density at radius 2 is 1.65 bits per heavy atom. The van der Waals surface area contributed by atoms with Crippen LogP contribution in [0.5, 0.6) is 5.75 Å². The number of nitrogens with one attached hydrogen (secondary N) is 1. The standard InChI is InChI=1S/C20H25NO4S/c1-13-6-7-14(2)19(12-13)25-16(4)20(22)21-15(3)17-8-10-18(11-9-17)26(5,23)24/h6-12,15-16H,1-5H3,(H,21,22)/t15-,16-/m1/s1. The van der Waals surface area contributed by atoms with Crippen molar-refractivity contribution in [3.05, 3.63) is 59.2 Å². The topological polar surface area (TPSA) is 72.5 Å². The largest absolute Gasteiger partial charge is 0.481 e. The third-order valence-electron chi connectivity index (χ3n) is 4.18. The van der Waals surface area contributed by atoms with E-state index in [1.807, 2.05) is 39.0 Å². The van der Waals surface area contributed by atoms with Gasteiger partial charge in [0.15, 0.2) is 15.9 Å². The lowest BCUT2D eigenvalue weighted by Gasteiger charge is -2.20. The van der Waals surface area contributed by atoms with Crippen LogP contribution in [-0.4, -0.2) is 26.7 Å². The van der Waals surface area contributed by atoms with E-state index in [9.17, 15) is 13.2 Å². The van der Waals surface area contributed by atoms with Gasteiger partial charge in [-0.1, -0.05) is 24.3 Å². The minimum atomic E-state index is -3.23. The lowest BCUT2D eigenvalue weighted by atomic mass is 10.1. The quantitative estimate of drug-likeness (QED) is 0.840. The number of amides is 1. The number of rotatable bonds is 6. The van der Waals surface area contributed by atoms with Crippen molar-refractivity contribution >= 4 is 15.7 Å². The summed E-state index contributed by atoms with van der Waals surface area (Å²) < 4.78 is 28.8. The first-order valence-corrected chi connectivity index (χ1v) is 10.3. The molecule has 0 heterocycles. The molecular formula is C20H25NO4S. The second-order valence-corrected chi connectivity index (χ2v) is 8.62. The van der Waals surface area contributed by atoms with E-state index >= 15 is 0 Å². The fraction of sp³-hybridized carbons (Fsp3) is 0.350. The molecular weight excluding hydrogens is 350 g/mol. The first-order chi connectivity index (χ1) is 12.1. The monoisotopic (exact) mass is 375 g/mol. The Bertz CT molecular complexity index is 889. The van der Waals surface area contributed by atoms with E-state index in [0.29, 0.717) is 5.75 Å². The van der Waals surface area contributed by atoms with Crippen LogP contribution >= 0.6 is 0 Å². The predicted octanol–water partition coefficient (Wildman–Crippen LogP) is 3.35. The maximum Gasteiger partial charge on any atom is 0.261 e.